The fourth-order valence-electron chi connectivity index (χ4n) is 1.35. The zero-order valence-corrected chi connectivity index (χ0v) is 8.73. The van der Waals surface area contributed by atoms with E-state index in [4.69, 9.17) is 4.42 Å². The highest BCUT2D eigenvalue weighted by molar-refractivity contribution is 7.98. The molecule has 0 saturated carbocycles. The SMILES string of the molecule is CCSCc1cc2cccc(F)c2o1. The van der Waals surface area contributed by atoms with Gasteiger partial charge in [-0.15, -0.1) is 0 Å². The topological polar surface area (TPSA) is 13.1 Å². The molecule has 0 aliphatic heterocycles. The van der Waals surface area contributed by atoms with Crippen LogP contribution in [0.2, 0.25) is 0 Å². The fraction of sp³-hybridized carbons (Fsp3) is 0.273. The number of furan rings is 1. The van der Waals surface area contributed by atoms with Gasteiger partial charge in [0.05, 0.1) is 5.75 Å². The molecule has 0 N–H and O–H groups in total. The summed E-state index contributed by atoms with van der Waals surface area (Å²) in [6, 6.07) is 6.88. The van der Waals surface area contributed by atoms with Gasteiger partial charge in [-0.05, 0) is 17.9 Å². The smallest absolute Gasteiger partial charge is 0.169 e. The van der Waals surface area contributed by atoms with E-state index in [0.717, 1.165) is 22.7 Å². The third-order valence-electron chi connectivity index (χ3n) is 2.00. The zero-order chi connectivity index (χ0) is 9.97. The van der Waals surface area contributed by atoms with E-state index in [9.17, 15) is 4.39 Å². The van der Waals surface area contributed by atoms with Crippen LogP contribution in [-0.2, 0) is 5.75 Å². The van der Waals surface area contributed by atoms with Crippen LogP contribution in [0.5, 0.6) is 0 Å². The summed E-state index contributed by atoms with van der Waals surface area (Å²) in [7, 11) is 0. The van der Waals surface area contributed by atoms with Crippen LogP contribution in [-0.4, -0.2) is 5.75 Å². The van der Waals surface area contributed by atoms with E-state index in [0.29, 0.717) is 5.58 Å². The molecule has 14 heavy (non-hydrogen) atoms. The third-order valence-corrected chi connectivity index (χ3v) is 2.89. The Morgan fingerprint density at radius 1 is 1.43 bits per heavy atom. The van der Waals surface area contributed by atoms with Crippen LogP contribution in [0.1, 0.15) is 12.7 Å². The normalized spacial score (nSPS) is 11.0. The Hall–Kier alpha value is -0.960. The highest BCUT2D eigenvalue weighted by atomic mass is 32.2. The van der Waals surface area contributed by atoms with Crippen LogP contribution < -0.4 is 0 Å². The average molecular weight is 210 g/mol. The molecule has 0 fully saturated rings. The lowest BCUT2D eigenvalue weighted by Crippen LogP contribution is -1.74. The summed E-state index contributed by atoms with van der Waals surface area (Å²) >= 11 is 1.77. The molecule has 2 aromatic rings. The summed E-state index contributed by atoms with van der Waals surface area (Å²) in [5.41, 5.74) is 0.374. The second-order valence-corrected chi connectivity index (χ2v) is 4.28. The van der Waals surface area contributed by atoms with E-state index < -0.39 is 0 Å². The maximum Gasteiger partial charge on any atom is 0.169 e. The number of halogens is 1. The summed E-state index contributed by atoms with van der Waals surface area (Å²) in [6.45, 7) is 2.09. The minimum absolute atomic E-state index is 0.282. The lowest BCUT2D eigenvalue weighted by molar-refractivity contribution is 0.536. The molecule has 0 aliphatic rings. The van der Waals surface area contributed by atoms with Crippen molar-refractivity contribution < 1.29 is 8.81 Å². The summed E-state index contributed by atoms with van der Waals surface area (Å²) in [5, 5.41) is 0.844. The largest absolute Gasteiger partial charge is 0.457 e. The molecule has 0 unspecified atom stereocenters. The summed E-state index contributed by atoms with van der Waals surface area (Å²) in [6.07, 6.45) is 0. The molecule has 1 aromatic heterocycles. The molecule has 3 heteroatoms. The minimum Gasteiger partial charge on any atom is -0.457 e. The number of rotatable bonds is 3. The molecule has 0 saturated heterocycles. The first-order chi connectivity index (χ1) is 6.81. The first-order valence-electron chi connectivity index (χ1n) is 4.56. The van der Waals surface area contributed by atoms with Crippen molar-refractivity contribution in [2.75, 3.05) is 5.75 Å². The molecular weight excluding hydrogens is 199 g/mol. The first-order valence-corrected chi connectivity index (χ1v) is 5.71. The van der Waals surface area contributed by atoms with Crippen LogP contribution >= 0.6 is 11.8 Å². The quantitative estimate of drug-likeness (QED) is 0.763. The molecular formula is C11H11FOS. The molecule has 1 heterocycles. The van der Waals surface area contributed by atoms with Crippen molar-refractivity contribution in [1.82, 2.24) is 0 Å². The van der Waals surface area contributed by atoms with Gasteiger partial charge >= 0.3 is 0 Å². The number of fused-ring (bicyclic) bond motifs is 1. The molecule has 1 aromatic carbocycles. The number of benzene rings is 1. The van der Waals surface area contributed by atoms with Crippen molar-refractivity contribution in [3.05, 3.63) is 35.8 Å². The standard InChI is InChI=1S/C11H11FOS/c1-2-14-7-9-6-8-4-3-5-10(12)11(8)13-9/h3-6H,2,7H2,1H3. The molecule has 0 amide bonds. The van der Waals surface area contributed by atoms with E-state index in [1.54, 1.807) is 17.8 Å². The first kappa shape index (κ1) is 9.59. The monoisotopic (exact) mass is 210 g/mol. The van der Waals surface area contributed by atoms with Gasteiger partial charge in [-0.3, -0.25) is 0 Å². The van der Waals surface area contributed by atoms with Crippen molar-refractivity contribution in [3.8, 4) is 0 Å². The third kappa shape index (κ3) is 1.77. The molecule has 0 atom stereocenters. The van der Waals surface area contributed by atoms with Crippen molar-refractivity contribution in [2.45, 2.75) is 12.7 Å². The highest BCUT2D eigenvalue weighted by Gasteiger charge is 2.06. The highest BCUT2D eigenvalue weighted by Crippen LogP contribution is 2.24. The Kier molecular flexibility index (Phi) is 2.77. The Morgan fingerprint density at radius 3 is 3.00 bits per heavy atom. The van der Waals surface area contributed by atoms with E-state index in [-0.39, 0.29) is 5.82 Å². The van der Waals surface area contributed by atoms with Gasteiger partial charge in [0, 0.05) is 5.39 Å². The molecule has 0 radical (unpaired) electrons. The van der Waals surface area contributed by atoms with E-state index in [2.05, 4.69) is 6.92 Å². The molecule has 0 bridgehead atoms. The Bertz CT molecular complexity index is 436. The molecule has 1 nitrogen and oxygen atoms in total. The van der Waals surface area contributed by atoms with Crippen LogP contribution in [0.25, 0.3) is 11.0 Å². The molecule has 0 spiro atoms. The van der Waals surface area contributed by atoms with Crippen molar-refractivity contribution in [1.29, 1.82) is 0 Å². The Balaban J connectivity index is 2.36. The van der Waals surface area contributed by atoms with Gasteiger partial charge in [0.2, 0.25) is 0 Å². The van der Waals surface area contributed by atoms with E-state index >= 15 is 0 Å². The zero-order valence-electron chi connectivity index (χ0n) is 7.92. The minimum atomic E-state index is -0.282. The van der Waals surface area contributed by atoms with Crippen molar-refractivity contribution in [3.63, 3.8) is 0 Å². The predicted molar refractivity (Wildman–Crippen MR) is 58.0 cm³/mol. The van der Waals surface area contributed by atoms with E-state index in [1.807, 2.05) is 12.1 Å². The van der Waals surface area contributed by atoms with Gasteiger partial charge < -0.3 is 4.42 Å². The van der Waals surface area contributed by atoms with E-state index in [1.165, 1.54) is 6.07 Å². The van der Waals surface area contributed by atoms with Crippen LogP contribution in [0, 0.1) is 5.82 Å². The molecule has 74 valence electrons. The van der Waals surface area contributed by atoms with Gasteiger partial charge in [0.25, 0.3) is 0 Å². The summed E-state index contributed by atoms with van der Waals surface area (Å²) < 4.78 is 18.6. The van der Waals surface area contributed by atoms with Crippen LogP contribution in [0.15, 0.2) is 28.7 Å². The van der Waals surface area contributed by atoms with Crippen LogP contribution in [0.3, 0.4) is 0 Å². The molecule has 2 rings (SSSR count). The van der Waals surface area contributed by atoms with Gasteiger partial charge in [-0.1, -0.05) is 19.1 Å². The van der Waals surface area contributed by atoms with Gasteiger partial charge in [0.15, 0.2) is 11.4 Å². The van der Waals surface area contributed by atoms with Crippen LogP contribution in [0.4, 0.5) is 4.39 Å². The maximum atomic E-state index is 13.2. The summed E-state index contributed by atoms with van der Waals surface area (Å²) in [4.78, 5) is 0. The lowest BCUT2D eigenvalue weighted by atomic mass is 10.2. The number of thioether (sulfide) groups is 1. The number of para-hydroxylation sites is 1. The Labute approximate surface area is 86.3 Å². The number of hydrogen-bond acceptors (Lipinski definition) is 2. The second kappa shape index (κ2) is 4.05. The second-order valence-electron chi connectivity index (χ2n) is 3.01. The average Bonchev–Trinajstić information content (AvgIpc) is 2.59. The van der Waals surface area contributed by atoms with Gasteiger partial charge in [-0.25, -0.2) is 4.39 Å². The van der Waals surface area contributed by atoms with Gasteiger partial charge in [0.1, 0.15) is 5.76 Å². The van der Waals surface area contributed by atoms with Crippen molar-refractivity contribution in [2.24, 2.45) is 0 Å². The van der Waals surface area contributed by atoms with Gasteiger partial charge in [-0.2, -0.15) is 11.8 Å². The number of hydrogen-bond donors (Lipinski definition) is 0. The summed E-state index contributed by atoms with van der Waals surface area (Å²) in [5.74, 6) is 2.41. The fourth-order valence-corrected chi connectivity index (χ4v) is 1.90. The van der Waals surface area contributed by atoms with Crippen molar-refractivity contribution >= 4 is 22.7 Å². The predicted octanol–water partition coefficient (Wildman–Crippen LogP) is 3.83. The Morgan fingerprint density at radius 2 is 2.29 bits per heavy atom. The lowest BCUT2D eigenvalue weighted by Gasteiger charge is -1.92. The maximum absolute atomic E-state index is 13.2. The molecule has 0 aliphatic carbocycles.